The third kappa shape index (κ3) is 5.36. The molecule has 3 aromatic rings. The third-order valence-electron chi connectivity index (χ3n) is 5.80. The molecule has 3 aromatic carbocycles. The molecule has 34 heavy (non-hydrogen) atoms. The van der Waals surface area contributed by atoms with Gasteiger partial charge in [-0.15, -0.1) is 0 Å². The van der Waals surface area contributed by atoms with Crippen molar-refractivity contribution in [3.05, 3.63) is 95.6 Å². The molecule has 0 N–H and O–H groups in total. The van der Waals surface area contributed by atoms with Crippen LogP contribution >= 0.6 is 0 Å². The Hall–Kier alpha value is -3.46. The number of piperazine rings is 1. The van der Waals surface area contributed by atoms with Crippen LogP contribution in [0.1, 0.15) is 15.9 Å². The molecular formula is C25H25F2N3O3S. The Bertz CT molecular complexity index is 1260. The summed E-state index contributed by atoms with van der Waals surface area (Å²) in [4.78, 5) is 16.6. The van der Waals surface area contributed by atoms with E-state index in [0.29, 0.717) is 48.7 Å². The van der Waals surface area contributed by atoms with Crippen LogP contribution in [0.4, 0.5) is 20.2 Å². The number of anilines is 2. The first-order valence-corrected chi connectivity index (χ1v) is 12.7. The highest BCUT2D eigenvalue weighted by Crippen LogP contribution is 2.24. The second kappa shape index (κ2) is 9.80. The van der Waals surface area contributed by atoms with Gasteiger partial charge in [-0.2, -0.15) is 0 Å². The maximum absolute atomic E-state index is 14.1. The van der Waals surface area contributed by atoms with E-state index in [1.54, 1.807) is 47.4 Å². The van der Waals surface area contributed by atoms with Crippen LogP contribution in [0.3, 0.4) is 0 Å². The fourth-order valence-corrected chi connectivity index (χ4v) is 4.86. The molecule has 1 amide bonds. The number of carbonyl (C=O) groups excluding carboxylic acids is 1. The lowest BCUT2D eigenvalue weighted by atomic mass is 10.1. The van der Waals surface area contributed by atoms with Crippen molar-refractivity contribution in [3.63, 3.8) is 0 Å². The molecule has 0 atom stereocenters. The molecule has 0 aromatic heterocycles. The highest BCUT2D eigenvalue weighted by Gasteiger charge is 2.24. The number of hydrogen-bond donors (Lipinski definition) is 0. The Morgan fingerprint density at radius 3 is 2.09 bits per heavy atom. The van der Waals surface area contributed by atoms with Crippen LogP contribution in [-0.2, 0) is 16.6 Å². The van der Waals surface area contributed by atoms with E-state index in [9.17, 15) is 22.0 Å². The predicted molar refractivity (Wildman–Crippen MR) is 128 cm³/mol. The van der Waals surface area contributed by atoms with E-state index in [1.807, 2.05) is 4.90 Å². The molecule has 178 valence electrons. The molecule has 0 bridgehead atoms. The highest BCUT2D eigenvalue weighted by molar-refractivity contribution is 7.92. The standard InChI is InChI=1S/C25H25F2N3O3S/c1-34(32,33)30(18-19-6-10-21(26)11-7-19)22-12-8-20(9-13-22)25(31)29-16-14-28(15-17-29)24-5-3-2-4-23(24)27/h2-13H,14-18H2,1H3. The van der Waals surface area contributed by atoms with Crippen LogP contribution in [0.15, 0.2) is 72.8 Å². The summed E-state index contributed by atoms with van der Waals surface area (Å²) >= 11 is 0. The number of halogens is 2. The van der Waals surface area contributed by atoms with Crippen molar-refractivity contribution in [3.8, 4) is 0 Å². The first-order valence-electron chi connectivity index (χ1n) is 10.8. The summed E-state index contributed by atoms with van der Waals surface area (Å²) in [6, 6.07) is 18.6. The van der Waals surface area contributed by atoms with Gasteiger partial charge < -0.3 is 9.80 Å². The number of benzene rings is 3. The maximum Gasteiger partial charge on any atom is 0.253 e. The van der Waals surface area contributed by atoms with Crippen molar-refractivity contribution in [1.29, 1.82) is 0 Å². The van der Waals surface area contributed by atoms with Crippen LogP contribution in [0, 0.1) is 11.6 Å². The number of hydrogen-bond acceptors (Lipinski definition) is 4. The van der Waals surface area contributed by atoms with E-state index in [1.165, 1.54) is 34.6 Å². The van der Waals surface area contributed by atoms with Gasteiger partial charge in [0.05, 0.1) is 24.2 Å². The zero-order valence-electron chi connectivity index (χ0n) is 18.7. The van der Waals surface area contributed by atoms with E-state index in [-0.39, 0.29) is 18.3 Å². The Morgan fingerprint density at radius 1 is 0.882 bits per heavy atom. The molecule has 0 spiro atoms. The molecule has 1 saturated heterocycles. The molecule has 1 aliphatic heterocycles. The van der Waals surface area contributed by atoms with Crippen molar-refractivity contribution < 1.29 is 22.0 Å². The van der Waals surface area contributed by atoms with E-state index in [2.05, 4.69) is 0 Å². The van der Waals surface area contributed by atoms with Gasteiger partial charge in [0.15, 0.2) is 0 Å². The van der Waals surface area contributed by atoms with E-state index in [0.717, 1.165) is 6.26 Å². The monoisotopic (exact) mass is 485 g/mol. The molecule has 1 fully saturated rings. The third-order valence-corrected chi connectivity index (χ3v) is 6.94. The zero-order valence-corrected chi connectivity index (χ0v) is 19.5. The normalized spacial score (nSPS) is 14.2. The van der Waals surface area contributed by atoms with Gasteiger partial charge in [-0.1, -0.05) is 24.3 Å². The predicted octanol–water partition coefficient (Wildman–Crippen LogP) is 3.89. The average Bonchev–Trinajstić information content (AvgIpc) is 2.83. The lowest BCUT2D eigenvalue weighted by Crippen LogP contribution is -2.49. The summed E-state index contributed by atoms with van der Waals surface area (Å²) in [5.74, 6) is -0.842. The number of para-hydroxylation sites is 1. The minimum atomic E-state index is -3.61. The lowest BCUT2D eigenvalue weighted by Gasteiger charge is -2.36. The van der Waals surface area contributed by atoms with Gasteiger partial charge in [-0.3, -0.25) is 9.10 Å². The first-order chi connectivity index (χ1) is 16.2. The van der Waals surface area contributed by atoms with Crippen molar-refractivity contribution in [2.45, 2.75) is 6.54 Å². The molecule has 0 aliphatic carbocycles. The van der Waals surface area contributed by atoms with E-state index < -0.39 is 15.8 Å². The maximum atomic E-state index is 14.1. The SMILES string of the molecule is CS(=O)(=O)N(Cc1ccc(F)cc1)c1ccc(C(=O)N2CCN(c3ccccc3F)CC2)cc1. The molecule has 9 heteroatoms. The van der Waals surface area contributed by atoms with Crippen LogP contribution in [-0.4, -0.2) is 51.7 Å². The van der Waals surface area contributed by atoms with Gasteiger partial charge in [0.1, 0.15) is 11.6 Å². The zero-order chi connectivity index (χ0) is 24.3. The van der Waals surface area contributed by atoms with Crippen molar-refractivity contribution in [1.82, 2.24) is 4.90 Å². The summed E-state index contributed by atoms with van der Waals surface area (Å²) < 4.78 is 53.2. The second-order valence-electron chi connectivity index (χ2n) is 8.17. The number of rotatable bonds is 6. The van der Waals surface area contributed by atoms with Gasteiger partial charge >= 0.3 is 0 Å². The summed E-state index contributed by atoms with van der Waals surface area (Å²) in [5, 5.41) is 0. The highest BCUT2D eigenvalue weighted by atomic mass is 32.2. The summed E-state index contributed by atoms with van der Waals surface area (Å²) in [7, 11) is -3.61. The van der Waals surface area contributed by atoms with Gasteiger partial charge in [0, 0.05) is 31.7 Å². The Kier molecular flexibility index (Phi) is 6.83. The average molecular weight is 486 g/mol. The molecule has 1 aliphatic rings. The molecule has 0 radical (unpaired) electrons. The topological polar surface area (TPSA) is 60.9 Å². The molecule has 1 heterocycles. The minimum Gasteiger partial charge on any atom is -0.366 e. The molecular weight excluding hydrogens is 460 g/mol. The van der Waals surface area contributed by atoms with Crippen LogP contribution in [0.25, 0.3) is 0 Å². The Morgan fingerprint density at radius 2 is 1.50 bits per heavy atom. The van der Waals surface area contributed by atoms with Crippen LogP contribution in [0.2, 0.25) is 0 Å². The summed E-state index contributed by atoms with van der Waals surface area (Å²) in [6.45, 7) is 1.99. The smallest absolute Gasteiger partial charge is 0.253 e. The molecule has 4 rings (SSSR count). The van der Waals surface area contributed by atoms with Gasteiger partial charge in [-0.05, 0) is 54.1 Å². The first kappa shape index (κ1) is 23.7. The Labute approximate surface area is 198 Å². The van der Waals surface area contributed by atoms with Crippen molar-refractivity contribution in [2.75, 3.05) is 41.6 Å². The van der Waals surface area contributed by atoms with Gasteiger partial charge in [0.25, 0.3) is 5.91 Å². The van der Waals surface area contributed by atoms with Gasteiger partial charge in [0.2, 0.25) is 10.0 Å². The second-order valence-corrected chi connectivity index (χ2v) is 10.1. The summed E-state index contributed by atoms with van der Waals surface area (Å²) in [5.41, 5.74) is 2.02. The number of amides is 1. The lowest BCUT2D eigenvalue weighted by molar-refractivity contribution is 0.0746. The summed E-state index contributed by atoms with van der Waals surface area (Å²) in [6.07, 6.45) is 1.10. The molecule has 6 nitrogen and oxygen atoms in total. The quantitative estimate of drug-likeness (QED) is 0.532. The number of sulfonamides is 1. The molecule has 0 unspecified atom stereocenters. The van der Waals surface area contributed by atoms with Crippen LogP contribution < -0.4 is 9.21 Å². The number of carbonyl (C=O) groups is 1. The Balaban J connectivity index is 1.44. The number of nitrogens with zero attached hydrogens (tertiary/aromatic N) is 3. The van der Waals surface area contributed by atoms with E-state index >= 15 is 0 Å². The fourth-order valence-electron chi connectivity index (χ4n) is 3.97. The molecule has 0 saturated carbocycles. The van der Waals surface area contributed by atoms with Crippen LogP contribution in [0.5, 0.6) is 0 Å². The van der Waals surface area contributed by atoms with Gasteiger partial charge in [-0.25, -0.2) is 17.2 Å². The minimum absolute atomic E-state index is 0.0460. The largest absolute Gasteiger partial charge is 0.366 e. The van der Waals surface area contributed by atoms with Crippen molar-refractivity contribution in [2.24, 2.45) is 0 Å². The van der Waals surface area contributed by atoms with Crippen molar-refractivity contribution >= 4 is 27.3 Å². The fraction of sp³-hybridized carbons (Fsp3) is 0.240. The van der Waals surface area contributed by atoms with E-state index in [4.69, 9.17) is 0 Å².